The van der Waals surface area contributed by atoms with Crippen LogP contribution in [0, 0.1) is 6.92 Å². The van der Waals surface area contributed by atoms with Gasteiger partial charge in [-0.1, -0.05) is 11.6 Å². The number of hydrogen-bond donors (Lipinski definition) is 0. The van der Waals surface area contributed by atoms with Gasteiger partial charge < -0.3 is 14.5 Å². The van der Waals surface area contributed by atoms with Crippen molar-refractivity contribution in [3.63, 3.8) is 0 Å². The Bertz CT molecular complexity index is 1030. The Morgan fingerprint density at radius 1 is 1.19 bits per heavy atom. The summed E-state index contributed by atoms with van der Waals surface area (Å²) in [5, 5.41) is 0.664. The van der Waals surface area contributed by atoms with E-state index in [1.54, 1.807) is 6.20 Å². The average Bonchev–Trinajstić information content (AvgIpc) is 3.21. The van der Waals surface area contributed by atoms with Crippen LogP contribution >= 0.6 is 11.6 Å². The molecule has 0 unspecified atom stereocenters. The van der Waals surface area contributed by atoms with Gasteiger partial charge in [-0.05, 0) is 87.9 Å². The lowest BCUT2D eigenvalue weighted by atomic mass is 9.90. The molecule has 0 radical (unpaired) electrons. The maximum Gasteiger partial charge on any atom is 0.410 e. The van der Waals surface area contributed by atoms with Crippen molar-refractivity contribution in [3.8, 4) is 0 Å². The van der Waals surface area contributed by atoms with E-state index in [9.17, 15) is 9.59 Å². The number of aromatic nitrogens is 1. The van der Waals surface area contributed by atoms with Gasteiger partial charge in [-0.2, -0.15) is 0 Å². The van der Waals surface area contributed by atoms with Crippen molar-refractivity contribution in [2.75, 3.05) is 13.1 Å². The molecular formula is C25H30ClN3O3. The highest BCUT2D eigenvalue weighted by atomic mass is 35.5. The number of hydrogen-bond acceptors (Lipinski definition) is 4. The van der Waals surface area contributed by atoms with Gasteiger partial charge in [0.15, 0.2) is 0 Å². The lowest BCUT2D eigenvalue weighted by Crippen LogP contribution is -2.39. The third-order valence-corrected chi connectivity index (χ3v) is 6.25. The fourth-order valence-corrected chi connectivity index (χ4v) is 4.78. The van der Waals surface area contributed by atoms with E-state index in [1.165, 1.54) is 0 Å². The van der Waals surface area contributed by atoms with E-state index >= 15 is 0 Å². The lowest BCUT2D eigenvalue weighted by Gasteiger charge is -2.34. The number of rotatable bonds is 2. The molecule has 2 aliphatic heterocycles. The zero-order valence-electron chi connectivity index (χ0n) is 19.2. The second-order valence-electron chi connectivity index (χ2n) is 9.63. The van der Waals surface area contributed by atoms with Crippen molar-refractivity contribution in [2.45, 2.75) is 65.1 Å². The standard InChI is InChI=1S/C25H30ClN3O3/c1-16-7-8-18(14-27-16)23(30)28-11-9-17-12-19(26)13-20(21(17)15-28)22-6-5-10-29(22)24(31)32-25(2,3)4/h7-8,12-14,22H,5-6,9-11,15H2,1-4H3/t22-/m0/s1. The van der Waals surface area contributed by atoms with Gasteiger partial charge in [-0.3, -0.25) is 9.78 Å². The highest BCUT2D eigenvalue weighted by Crippen LogP contribution is 2.39. The predicted octanol–water partition coefficient (Wildman–Crippen LogP) is 5.31. The number of pyridine rings is 1. The normalized spacial score (nSPS) is 18.5. The number of ether oxygens (including phenoxy) is 1. The molecule has 4 rings (SSSR count). The van der Waals surface area contributed by atoms with Crippen molar-refractivity contribution < 1.29 is 14.3 Å². The van der Waals surface area contributed by atoms with E-state index in [0.717, 1.165) is 41.6 Å². The quantitative estimate of drug-likeness (QED) is 0.615. The van der Waals surface area contributed by atoms with Crippen LogP contribution in [0.1, 0.15) is 72.4 Å². The van der Waals surface area contributed by atoms with Crippen LogP contribution in [0.15, 0.2) is 30.5 Å². The molecule has 0 saturated carbocycles. The number of amides is 2. The lowest BCUT2D eigenvalue weighted by molar-refractivity contribution is 0.0222. The summed E-state index contributed by atoms with van der Waals surface area (Å²) in [5.41, 5.74) is 4.18. The molecule has 0 spiro atoms. The van der Waals surface area contributed by atoms with E-state index in [0.29, 0.717) is 30.2 Å². The van der Waals surface area contributed by atoms with Crippen molar-refractivity contribution >= 4 is 23.6 Å². The summed E-state index contributed by atoms with van der Waals surface area (Å²) in [6.45, 7) is 9.30. The number of benzene rings is 1. The van der Waals surface area contributed by atoms with Crippen molar-refractivity contribution in [2.24, 2.45) is 0 Å². The molecule has 1 fully saturated rings. The minimum absolute atomic E-state index is 0.0283. The second kappa shape index (κ2) is 8.74. The van der Waals surface area contributed by atoms with Gasteiger partial charge in [0.1, 0.15) is 5.60 Å². The minimum Gasteiger partial charge on any atom is -0.444 e. The predicted molar refractivity (Wildman–Crippen MR) is 124 cm³/mol. The third kappa shape index (κ3) is 4.75. The molecule has 6 nitrogen and oxygen atoms in total. The van der Waals surface area contributed by atoms with Crippen LogP contribution in [0.4, 0.5) is 4.79 Å². The number of carbonyl (C=O) groups excluding carboxylic acids is 2. The summed E-state index contributed by atoms with van der Waals surface area (Å²) in [6.07, 6.45) is 3.82. The van der Waals surface area contributed by atoms with Crippen molar-refractivity contribution in [3.05, 3.63) is 63.4 Å². The van der Waals surface area contributed by atoms with Crippen LogP contribution < -0.4 is 0 Å². The van der Waals surface area contributed by atoms with Gasteiger partial charge in [0.2, 0.25) is 0 Å². The van der Waals surface area contributed by atoms with Crippen LogP contribution in [0.5, 0.6) is 0 Å². The van der Waals surface area contributed by atoms with E-state index in [1.807, 2.05) is 61.8 Å². The molecule has 3 heterocycles. The van der Waals surface area contributed by atoms with Crippen LogP contribution in [0.25, 0.3) is 0 Å². The molecule has 1 saturated heterocycles. The third-order valence-electron chi connectivity index (χ3n) is 6.03. The number of fused-ring (bicyclic) bond motifs is 1. The molecule has 32 heavy (non-hydrogen) atoms. The smallest absolute Gasteiger partial charge is 0.410 e. The van der Waals surface area contributed by atoms with E-state index in [-0.39, 0.29) is 18.0 Å². The number of aryl methyl sites for hydroxylation is 1. The zero-order valence-corrected chi connectivity index (χ0v) is 19.9. The monoisotopic (exact) mass is 455 g/mol. The molecule has 2 amide bonds. The Morgan fingerprint density at radius 3 is 2.66 bits per heavy atom. The summed E-state index contributed by atoms with van der Waals surface area (Å²) >= 11 is 6.48. The van der Waals surface area contributed by atoms with Gasteiger partial charge in [0, 0.05) is 36.5 Å². The summed E-state index contributed by atoms with van der Waals surface area (Å²) < 4.78 is 5.66. The van der Waals surface area contributed by atoms with Gasteiger partial charge in [-0.15, -0.1) is 0 Å². The van der Waals surface area contributed by atoms with E-state index in [2.05, 4.69) is 4.98 Å². The fraction of sp³-hybridized carbons (Fsp3) is 0.480. The number of nitrogens with zero attached hydrogens (tertiary/aromatic N) is 3. The van der Waals surface area contributed by atoms with Crippen LogP contribution in [0.2, 0.25) is 5.02 Å². The summed E-state index contributed by atoms with van der Waals surface area (Å²) in [6, 6.07) is 7.52. The first-order valence-electron chi connectivity index (χ1n) is 11.1. The molecule has 0 N–H and O–H groups in total. The average molecular weight is 456 g/mol. The summed E-state index contributed by atoms with van der Waals surface area (Å²) in [7, 11) is 0. The Kier molecular flexibility index (Phi) is 6.17. The Morgan fingerprint density at radius 2 is 1.97 bits per heavy atom. The molecular weight excluding hydrogens is 426 g/mol. The van der Waals surface area contributed by atoms with Crippen molar-refractivity contribution in [1.82, 2.24) is 14.8 Å². The summed E-state index contributed by atoms with van der Waals surface area (Å²) in [5.74, 6) is -0.0283. The van der Waals surface area contributed by atoms with Crippen molar-refractivity contribution in [1.29, 1.82) is 0 Å². The van der Waals surface area contributed by atoms with Crippen LogP contribution in [-0.4, -0.2) is 45.5 Å². The number of likely N-dealkylation sites (tertiary alicyclic amines) is 1. The molecule has 2 aromatic rings. The zero-order chi connectivity index (χ0) is 23.0. The molecule has 7 heteroatoms. The number of halogens is 1. The molecule has 1 aromatic heterocycles. The van der Waals surface area contributed by atoms with E-state index < -0.39 is 5.60 Å². The molecule has 0 bridgehead atoms. The largest absolute Gasteiger partial charge is 0.444 e. The molecule has 1 aromatic carbocycles. The Labute approximate surface area is 194 Å². The maximum absolute atomic E-state index is 13.1. The molecule has 1 atom stereocenters. The topological polar surface area (TPSA) is 62.7 Å². The first kappa shape index (κ1) is 22.6. The first-order valence-corrected chi connectivity index (χ1v) is 11.5. The highest BCUT2D eigenvalue weighted by molar-refractivity contribution is 6.30. The van der Waals surface area contributed by atoms with E-state index in [4.69, 9.17) is 16.3 Å². The molecule has 2 aliphatic rings. The Balaban J connectivity index is 1.63. The summed E-state index contributed by atoms with van der Waals surface area (Å²) in [4.78, 5) is 33.9. The molecule has 0 aliphatic carbocycles. The minimum atomic E-state index is -0.552. The maximum atomic E-state index is 13.1. The highest BCUT2D eigenvalue weighted by Gasteiger charge is 2.36. The number of carbonyl (C=O) groups is 2. The van der Waals surface area contributed by atoms with Gasteiger partial charge >= 0.3 is 6.09 Å². The van der Waals surface area contributed by atoms with Crippen LogP contribution in [-0.2, 0) is 17.7 Å². The van der Waals surface area contributed by atoms with Crippen LogP contribution in [0.3, 0.4) is 0 Å². The van der Waals surface area contributed by atoms with Gasteiger partial charge in [0.05, 0.1) is 11.6 Å². The molecule has 170 valence electrons. The van der Waals surface area contributed by atoms with Gasteiger partial charge in [-0.25, -0.2) is 4.79 Å². The van der Waals surface area contributed by atoms with Gasteiger partial charge in [0.25, 0.3) is 5.91 Å². The first-order chi connectivity index (χ1) is 15.1. The SMILES string of the molecule is Cc1ccc(C(=O)N2CCc3cc(Cl)cc([C@@H]4CCCN4C(=O)OC(C)(C)C)c3C2)cn1. The fourth-order valence-electron chi connectivity index (χ4n) is 4.53. The Hall–Kier alpha value is -2.60. The second-order valence-corrected chi connectivity index (χ2v) is 10.1.